The number of hydrogen-bond donors (Lipinski definition) is 1. The number of methoxy groups -OCH3 is 1. The molecule has 1 aliphatic heterocycles. The van der Waals surface area contributed by atoms with Gasteiger partial charge in [-0.3, -0.25) is 14.4 Å². The molecular weight excluding hydrogens is 498 g/mol. The van der Waals surface area contributed by atoms with Crippen molar-refractivity contribution in [2.24, 2.45) is 16.3 Å². The number of anilines is 2. The van der Waals surface area contributed by atoms with Gasteiger partial charge in [0.1, 0.15) is 11.5 Å². The second kappa shape index (κ2) is 12.7. The minimum Gasteiger partial charge on any atom is -0.471 e. The molecule has 3 aliphatic rings. The number of hydrogen-bond acceptors (Lipinski definition) is 8. The normalized spacial score (nSPS) is 17.7. The van der Waals surface area contributed by atoms with Crippen molar-refractivity contribution in [1.29, 1.82) is 0 Å². The Labute approximate surface area is 228 Å². The van der Waals surface area contributed by atoms with Crippen molar-refractivity contribution < 1.29 is 14.3 Å². The van der Waals surface area contributed by atoms with Crippen LogP contribution in [0.4, 0.5) is 11.6 Å². The van der Waals surface area contributed by atoms with Crippen LogP contribution in [0.15, 0.2) is 62.5 Å². The summed E-state index contributed by atoms with van der Waals surface area (Å²) < 4.78 is 12.7. The Morgan fingerprint density at radius 2 is 1.79 bits per heavy atom. The monoisotopic (exact) mass is 535 g/mol. The topological polar surface area (TPSA) is 117 Å². The standard InChI is InChI=1S/C27H33N5O3.C2H4O2/c1-3-31-25(33)30-24(32(26(31)34)18-20-10-12-27(13-11-20)14-15-27)29-21-5-8-22(9-6-21)35-23-7-4-19(2)16-28-17-23;1-4-2-3/h4-6,8-9,16-17,20H,3,7,10-15,18H2,1-2H3,(H,29,30,33);2H,1H3. The molecule has 2 aliphatic carbocycles. The Morgan fingerprint density at radius 3 is 2.41 bits per heavy atom. The van der Waals surface area contributed by atoms with Crippen LogP contribution in [-0.4, -0.2) is 33.9 Å². The third-order valence-corrected chi connectivity index (χ3v) is 7.61. The second-order valence-corrected chi connectivity index (χ2v) is 10.4. The van der Waals surface area contributed by atoms with E-state index in [0.717, 1.165) is 29.9 Å². The van der Waals surface area contributed by atoms with E-state index in [1.807, 2.05) is 31.2 Å². The van der Waals surface area contributed by atoms with Gasteiger partial charge in [0.2, 0.25) is 5.95 Å². The van der Waals surface area contributed by atoms with Gasteiger partial charge in [-0.05, 0) is 93.5 Å². The first-order valence-corrected chi connectivity index (χ1v) is 13.5. The lowest BCUT2D eigenvalue weighted by atomic mass is 9.80. The highest BCUT2D eigenvalue weighted by molar-refractivity contribution is 5.78. The van der Waals surface area contributed by atoms with Crippen LogP contribution < -0.4 is 21.4 Å². The lowest BCUT2D eigenvalue weighted by Gasteiger charge is -2.29. The second-order valence-electron chi connectivity index (χ2n) is 10.4. The summed E-state index contributed by atoms with van der Waals surface area (Å²) in [6, 6.07) is 7.41. The number of carbonyl (C=O) groups excluding carboxylic acids is 1. The Morgan fingerprint density at radius 1 is 1.10 bits per heavy atom. The Balaban J connectivity index is 0.000000826. The quantitative estimate of drug-likeness (QED) is 0.492. The molecule has 0 atom stereocenters. The average Bonchev–Trinajstić information content (AvgIpc) is 3.73. The highest BCUT2D eigenvalue weighted by atomic mass is 16.5. The van der Waals surface area contributed by atoms with Gasteiger partial charge in [-0.1, -0.05) is 6.08 Å². The first kappa shape index (κ1) is 28.1. The maximum Gasteiger partial charge on any atom is 0.354 e. The van der Waals surface area contributed by atoms with Gasteiger partial charge in [0, 0.05) is 31.4 Å². The number of aromatic nitrogens is 3. The molecule has 2 saturated carbocycles. The van der Waals surface area contributed by atoms with Crippen LogP contribution in [0.5, 0.6) is 5.75 Å². The molecule has 10 heteroatoms. The molecule has 0 saturated heterocycles. The molecule has 1 spiro atoms. The molecule has 0 bridgehead atoms. The van der Waals surface area contributed by atoms with Gasteiger partial charge in [0.25, 0.3) is 6.47 Å². The molecular formula is C29H37N5O5. The molecule has 2 fully saturated rings. The molecule has 1 aromatic carbocycles. The number of nitrogens with zero attached hydrogens (tertiary/aromatic N) is 4. The Kier molecular flexibility index (Phi) is 9.16. The van der Waals surface area contributed by atoms with Crippen molar-refractivity contribution in [1.82, 2.24) is 14.1 Å². The molecule has 5 rings (SSSR count). The molecule has 10 nitrogen and oxygen atoms in total. The predicted octanol–water partition coefficient (Wildman–Crippen LogP) is 4.57. The third-order valence-electron chi connectivity index (χ3n) is 7.61. The van der Waals surface area contributed by atoms with Gasteiger partial charge in [-0.25, -0.2) is 14.2 Å². The van der Waals surface area contributed by atoms with Crippen LogP contribution in [0.2, 0.25) is 0 Å². The molecule has 2 aromatic rings. The van der Waals surface area contributed by atoms with Gasteiger partial charge in [0.05, 0.1) is 13.3 Å². The van der Waals surface area contributed by atoms with E-state index in [9.17, 15) is 9.59 Å². The minimum atomic E-state index is -0.527. The van der Waals surface area contributed by atoms with Gasteiger partial charge in [-0.15, -0.1) is 0 Å². The smallest absolute Gasteiger partial charge is 0.354 e. The summed E-state index contributed by atoms with van der Waals surface area (Å²) >= 11 is 0. The van der Waals surface area contributed by atoms with E-state index in [1.54, 1.807) is 23.9 Å². The lowest BCUT2D eigenvalue weighted by Crippen LogP contribution is -2.43. The van der Waals surface area contributed by atoms with Crippen LogP contribution in [-0.2, 0) is 22.6 Å². The van der Waals surface area contributed by atoms with E-state index >= 15 is 0 Å². The predicted molar refractivity (Wildman–Crippen MR) is 150 cm³/mol. The fraction of sp³-hybridized carbons (Fsp3) is 0.483. The Bertz CT molecular complexity index is 1350. The fourth-order valence-electron chi connectivity index (χ4n) is 5.03. The molecule has 39 heavy (non-hydrogen) atoms. The summed E-state index contributed by atoms with van der Waals surface area (Å²) in [5.74, 6) is 2.17. The number of benzene rings is 1. The SMILES string of the molecule is CCn1c(=O)nc(Nc2ccc(OC3=CN=CC(C)=CC3)cc2)n(CC2CCC3(CC2)CC3)c1=O.COC=O. The van der Waals surface area contributed by atoms with Crippen molar-refractivity contribution in [2.75, 3.05) is 12.4 Å². The number of nitrogens with one attached hydrogen (secondary N) is 1. The number of rotatable bonds is 8. The maximum atomic E-state index is 13.2. The molecule has 2 heterocycles. The van der Waals surface area contributed by atoms with Crippen molar-refractivity contribution in [2.45, 2.75) is 71.9 Å². The molecule has 208 valence electrons. The van der Waals surface area contributed by atoms with Crippen molar-refractivity contribution in [3.63, 3.8) is 0 Å². The first-order chi connectivity index (χ1) is 18.9. The van der Waals surface area contributed by atoms with Crippen molar-refractivity contribution in [3.05, 3.63) is 68.8 Å². The van der Waals surface area contributed by atoms with E-state index in [0.29, 0.717) is 49.0 Å². The van der Waals surface area contributed by atoms with E-state index in [4.69, 9.17) is 9.53 Å². The molecule has 1 aromatic heterocycles. The van der Waals surface area contributed by atoms with Gasteiger partial charge < -0.3 is 14.8 Å². The number of allylic oxidation sites excluding steroid dienone is 2. The van der Waals surface area contributed by atoms with E-state index in [-0.39, 0.29) is 5.69 Å². The zero-order valence-corrected chi connectivity index (χ0v) is 22.9. The number of aliphatic imine (C=N–C) groups is 1. The first-order valence-electron chi connectivity index (χ1n) is 13.5. The summed E-state index contributed by atoms with van der Waals surface area (Å²) in [5.41, 5.74) is 1.60. The van der Waals surface area contributed by atoms with E-state index in [2.05, 4.69) is 26.1 Å². The summed E-state index contributed by atoms with van der Waals surface area (Å²) in [4.78, 5) is 43.1. The van der Waals surface area contributed by atoms with Crippen molar-refractivity contribution in [3.8, 4) is 5.75 Å². The molecule has 1 N–H and O–H groups in total. The minimum absolute atomic E-state index is 0.298. The summed E-state index contributed by atoms with van der Waals surface area (Å²) in [5, 5.41) is 3.21. The van der Waals surface area contributed by atoms with Crippen LogP contribution in [0.25, 0.3) is 0 Å². The zero-order valence-electron chi connectivity index (χ0n) is 22.9. The van der Waals surface area contributed by atoms with E-state index < -0.39 is 5.69 Å². The highest BCUT2D eigenvalue weighted by Gasteiger charge is 2.44. The molecule has 0 amide bonds. The summed E-state index contributed by atoms with van der Waals surface area (Å²) in [6.07, 6.45) is 13.7. The van der Waals surface area contributed by atoms with E-state index in [1.165, 1.54) is 37.4 Å². The van der Waals surface area contributed by atoms with Gasteiger partial charge >= 0.3 is 11.4 Å². The van der Waals surface area contributed by atoms with Crippen LogP contribution in [0, 0.1) is 11.3 Å². The van der Waals surface area contributed by atoms with Gasteiger partial charge in [0.15, 0.2) is 0 Å². The average molecular weight is 536 g/mol. The van der Waals surface area contributed by atoms with Crippen LogP contribution in [0.3, 0.4) is 0 Å². The van der Waals surface area contributed by atoms with Crippen LogP contribution >= 0.6 is 0 Å². The number of ether oxygens (including phenoxy) is 2. The van der Waals surface area contributed by atoms with Gasteiger partial charge in [-0.2, -0.15) is 4.98 Å². The van der Waals surface area contributed by atoms with Crippen molar-refractivity contribution >= 4 is 24.3 Å². The summed E-state index contributed by atoms with van der Waals surface area (Å²) in [7, 11) is 1.31. The third kappa shape index (κ3) is 7.34. The fourth-order valence-corrected chi connectivity index (χ4v) is 5.03. The lowest BCUT2D eigenvalue weighted by molar-refractivity contribution is -0.126. The van der Waals surface area contributed by atoms with Crippen LogP contribution in [0.1, 0.15) is 58.8 Å². The largest absolute Gasteiger partial charge is 0.471 e. The highest BCUT2D eigenvalue weighted by Crippen LogP contribution is 2.57. The molecule has 0 radical (unpaired) electrons. The maximum absolute atomic E-state index is 13.2. The molecule has 0 unspecified atom stereocenters. The zero-order chi connectivity index (χ0) is 27.8. The Hall–Kier alpha value is -3.95. The number of carbonyl (C=O) groups is 1. The summed E-state index contributed by atoms with van der Waals surface area (Å²) in [6.45, 7) is 5.06.